The van der Waals surface area contributed by atoms with Crippen LogP contribution in [0.5, 0.6) is 0 Å². The normalized spacial score (nSPS) is 16.9. The molecule has 0 saturated carbocycles. The maximum Gasteiger partial charge on any atom is 0.410 e. The second kappa shape index (κ2) is 10.4. The molecular weight excluding hydrogens is 607 g/mol. The number of hydrogen-bond acceptors (Lipinski definition) is 9. The Bertz CT molecular complexity index is 1850. The number of aromatic nitrogens is 4. The van der Waals surface area contributed by atoms with Crippen LogP contribution < -0.4 is 9.80 Å². The molecule has 2 aromatic carbocycles. The summed E-state index contributed by atoms with van der Waals surface area (Å²) < 4.78 is 124. The molecule has 1 saturated heterocycles. The summed E-state index contributed by atoms with van der Waals surface area (Å²) in [5.74, 6) is -2.45. The van der Waals surface area contributed by atoms with E-state index in [-0.39, 0.29) is 29.5 Å². The molecule has 0 radical (unpaired) electrons. The molecule has 0 unspecified atom stereocenters. The van der Waals surface area contributed by atoms with Crippen LogP contribution in [0.15, 0.2) is 64.6 Å². The van der Waals surface area contributed by atoms with Gasteiger partial charge in [-0.25, -0.2) is 27.2 Å². The van der Waals surface area contributed by atoms with E-state index in [9.17, 15) is 34.4 Å². The van der Waals surface area contributed by atoms with Crippen LogP contribution in [0.25, 0.3) is 10.9 Å². The lowest BCUT2D eigenvalue weighted by Crippen LogP contribution is -2.60. The van der Waals surface area contributed by atoms with Crippen LogP contribution in [0.1, 0.15) is 13.8 Å². The smallest absolute Gasteiger partial charge is 0.339 e. The minimum absolute atomic E-state index is 0.0977. The Labute approximate surface area is 237 Å². The van der Waals surface area contributed by atoms with Gasteiger partial charge in [0.2, 0.25) is 5.95 Å². The van der Waals surface area contributed by atoms with Gasteiger partial charge >= 0.3 is 6.18 Å². The number of piperazine rings is 1. The van der Waals surface area contributed by atoms with E-state index in [0.29, 0.717) is 4.09 Å². The third-order valence-corrected chi connectivity index (χ3v) is 10.6. The summed E-state index contributed by atoms with van der Waals surface area (Å²) in [6.07, 6.45) is -3.24. The lowest BCUT2D eigenvalue weighted by molar-refractivity contribution is -0.148. The van der Waals surface area contributed by atoms with E-state index >= 15 is 4.39 Å². The van der Waals surface area contributed by atoms with Crippen LogP contribution in [0.4, 0.5) is 33.7 Å². The number of anilines is 2. The van der Waals surface area contributed by atoms with Crippen molar-refractivity contribution in [1.82, 2.24) is 19.2 Å². The highest BCUT2D eigenvalue weighted by atomic mass is 32.2. The zero-order valence-electron chi connectivity index (χ0n) is 22.0. The highest BCUT2D eigenvalue weighted by Crippen LogP contribution is 2.37. The molecule has 0 spiro atoms. The molecule has 1 atom stereocenters. The molecule has 2 aromatic heterocycles. The average molecular weight is 631 g/mol. The topological polar surface area (TPSA) is 118 Å². The van der Waals surface area contributed by atoms with Gasteiger partial charge in [-0.05, 0) is 50.2 Å². The first-order chi connectivity index (χ1) is 19.6. The summed E-state index contributed by atoms with van der Waals surface area (Å²) in [7, 11) is -8.34. The number of fused-ring (bicyclic) bond motifs is 1. The zero-order valence-corrected chi connectivity index (χ0v) is 23.6. The standard InChI is InChI=1S/C25H23F5N6O4S2/c1-15(2)41(37,38)17-6-8-18(9-7-17)42(39,40)36-20-5-3-4-19(27)22(20)23(33-36)35-11-10-34(14-21(35)25(28,29)30)24-31-12-16(26)13-32-24/h3-9,12-13,15,21H,10-11,14H2,1-2H3/t21-/m0/s1. The molecule has 1 fully saturated rings. The van der Waals surface area contributed by atoms with Crippen molar-refractivity contribution in [3.05, 3.63) is 66.5 Å². The predicted molar refractivity (Wildman–Crippen MR) is 142 cm³/mol. The summed E-state index contributed by atoms with van der Waals surface area (Å²) >= 11 is 0. The van der Waals surface area contributed by atoms with E-state index in [4.69, 9.17) is 0 Å². The van der Waals surface area contributed by atoms with E-state index in [0.717, 1.165) is 47.6 Å². The maximum absolute atomic E-state index is 15.2. The van der Waals surface area contributed by atoms with Gasteiger partial charge < -0.3 is 9.80 Å². The second-order valence-corrected chi connectivity index (χ2v) is 14.0. The molecule has 1 aliphatic heterocycles. The highest BCUT2D eigenvalue weighted by Gasteiger charge is 2.48. The molecule has 10 nitrogen and oxygen atoms in total. The first-order valence-electron chi connectivity index (χ1n) is 12.4. The minimum Gasteiger partial charge on any atom is -0.339 e. The van der Waals surface area contributed by atoms with Crippen LogP contribution >= 0.6 is 0 Å². The first-order valence-corrected chi connectivity index (χ1v) is 15.4. The van der Waals surface area contributed by atoms with Gasteiger partial charge in [0.25, 0.3) is 10.0 Å². The van der Waals surface area contributed by atoms with Crippen molar-refractivity contribution < 1.29 is 38.8 Å². The van der Waals surface area contributed by atoms with Crippen LogP contribution in [0.2, 0.25) is 0 Å². The molecule has 4 aromatic rings. The number of halogens is 5. The number of hydrogen-bond donors (Lipinski definition) is 0. The summed E-state index contributed by atoms with van der Waals surface area (Å²) in [6, 6.07) is 5.37. The average Bonchev–Trinajstić information content (AvgIpc) is 3.34. The van der Waals surface area contributed by atoms with Crippen molar-refractivity contribution in [2.45, 2.75) is 41.1 Å². The van der Waals surface area contributed by atoms with Crippen molar-refractivity contribution in [3.63, 3.8) is 0 Å². The van der Waals surface area contributed by atoms with E-state index in [2.05, 4.69) is 15.1 Å². The number of rotatable bonds is 6. The van der Waals surface area contributed by atoms with Gasteiger partial charge in [0.1, 0.15) is 11.9 Å². The van der Waals surface area contributed by atoms with Gasteiger partial charge in [-0.2, -0.15) is 25.7 Å². The summed E-state index contributed by atoms with van der Waals surface area (Å²) in [6.45, 7) is 1.72. The second-order valence-electron chi connectivity index (χ2n) is 9.77. The summed E-state index contributed by atoms with van der Waals surface area (Å²) in [5, 5.41) is 2.78. The van der Waals surface area contributed by atoms with Crippen molar-refractivity contribution in [3.8, 4) is 0 Å². The number of sulfone groups is 1. The Morgan fingerprint density at radius 1 is 0.905 bits per heavy atom. The van der Waals surface area contributed by atoms with Gasteiger partial charge in [0.15, 0.2) is 21.5 Å². The van der Waals surface area contributed by atoms with Gasteiger partial charge in [-0.1, -0.05) is 6.07 Å². The molecule has 1 aliphatic rings. The molecule has 224 valence electrons. The summed E-state index contributed by atoms with van der Waals surface area (Å²) in [5.41, 5.74) is -0.311. The molecule has 3 heterocycles. The number of benzene rings is 2. The van der Waals surface area contributed by atoms with Crippen molar-refractivity contribution in [2.75, 3.05) is 29.4 Å². The first kappa shape index (κ1) is 29.6. The van der Waals surface area contributed by atoms with Crippen molar-refractivity contribution in [1.29, 1.82) is 0 Å². The largest absolute Gasteiger partial charge is 0.410 e. The molecule has 0 amide bonds. The molecule has 5 rings (SSSR count). The van der Waals surface area contributed by atoms with Crippen LogP contribution in [-0.4, -0.2) is 73.1 Å². The molecular formula is C25H23F5N6O4S2. The fraction of sp³-hybridized carbons (Fsp3) is 0.320. The van der Waals surface area contributed by atoms with Crippen LogP contribution in [0, 0.1) is 11.6 Å². The molecule has 42 heavy (non-hydrogen) atoms. The van der Waals surface area contributed by atoms with Crippen molar-refractivity contribution in [2.24, 2.45) is 0 Å². The zero-order chi connectivity index (χ0) is 30.6. The predicted octanol–water partition coefficient (Wildman–Crippen LogP) is 3.78. The quantitative estimate of drug-likeness (QED) is 0.294. The van der Waals surface area contributed by atoms with E-state index < -0.39 is 71.6 Å². The fourth-order valence-electron chi connectivity index (χ4n) is 4.61. The van der Waals surface area contributed by atoms with E-state index in [1.54, 1.807) is 0 Å². The highest BCUT2D eigenvalue weighted by molar-refractivity contribution is 7.92. The molecule has 0 N–H and O–H groups in total. The Kier molecular flexibility index (Phi) is 7.37. The summed E-state index contributed by atoms with van der Waals surface area (Å²) in [4.78, 5) is 8.91. The Balaban J connectivity index is 1.59. The third kappa shape index (κ3) is 5.14. The van der Waals surface area contributed by atoms with Gasteiger partial charge in [-0.3, -0.25) is 0 Å². The lowest BCUT2D eigenvalue weighted by atomic mass is 10.1. The van der Waals surface area contributed by atoms with E-state index in [1.807, 2.05) is 0 Å². The number of alkyl halides is 3. The lowest BCUT2D eigenvalue weighted by Gasteiger charge is -2.42. The maximum atomic E-state index is 15.2. The van der Waals surface area contributed by atoms with E-state index in [1.165, 1.54) is 30.9 Å². The minimum atomic E-state index is -4.88. The van der Waals surface area contributed by atoms with Gasteiger partial charge in [-0.15, -0.1) is 5.10 Å². The molecule has 17 heteroatoms. The molecule has 0 bridgehead atoms. The van der Waals surface area contributed by atoms with Crippen LogP contribution in [0.3, 0.4) is 0 Å². The SMILES string of the molecule is CC(C)S(=O)(=O)c1ccc(S(=O)(=O)n2nc(N3CCN(c4ncc(F)cn4)C[C@H]3C(F)(F)F)c3c(F)cccc32)cc1. The molecule has 0 aliphatic carbocycles. The van der Waals surface area contributed by atoms with Crippen molar-refractivity contribution >= 4 is 42.5 Å². The Morgan fingerprint density at radius 2 is 1.52 bits per heavy atom. The van der Waals surface area contributed by atoms with Gasteiger partial charge in [0, 0.05) is 13.1 Å². The third-order valence-electron chi connectivity index (χ3n) is 6.83. The fourth-order valence-corrected chi connectivity index (χ4v) is 6.94. The van der Waals surface area contributed by atoms with Gasteiger partial charge in [0.05, 0.1) is 44.9 Å². The monoisotopic (exact) mass is 630 g/mol. The Morgan fingerprint density at radius 3 is 2.12 bits per heavy atom. The Hall–Kier alpha value is -3.86. The number of nitrogens with zero attached hydrogens (tertiary/aromatic N) is 6. The van der Waals surface area contributed by atoms with Crippen LogP contribution in [-0.2, 0) is 19.9 Å².